The predicted molar refractivity (Wildman–Crippen MR) is 79.5 cm³/mol. The highest BCUT2D eigenvalue weighted by Crippen LogP contribution is 2.32. The van der Waals surface area contributed by atoms with Gasteiger partial charge < -0.3 is 15.2 Å². The SMILES string of the molecule is Cn1cccc1CNC(=O)CC1CNc2ccccc21. The number of aryl methyl sites for hydroxylation is 1. The number of para-hydroxylation sites is 1. The van der Waals surface area contributed by atoms with E-state index in [0.717, 1.165) is 17.9 Å². The zero-order valence-corrected chi connectivity index (χ0v) is 11.6. The van der Waals surface area contributed by atoms with Gasteiger partial charge in [-0.1, -0.05) is 18.2 Å². The van der Waals surface area contributed by atoms with E-state index in [0.29, 0.717) is 13.0 Å². The molecule has 0 aliphatic carbocycles. The first kappa shape index (κ1) is 12.8. The Morgan fingerprint density at radius 2 is 2.20 bits per heavy atom. The summed E-state index contributed by atoms with van der Waals surface area (Å²) in [6.45, 7) is 1.43. The Labute approximate surface area is 118 Å². The molecule has 4 nitrogen and oxygen atoms in total. The van der Waals surface area contributed by atoms with Crippen LogP contribution >= 0.6 is 0 Å². The van der Waals surface area contributed by atoms with Gasteiger partial charge in [0.2, 0.25) is 5.91 Å². The highest BCUT2D eigenvalue weighted by Gasteiger charge is 2.23. The third-order valence-electron chi connectivity index (χ3n) is 3.89. The molecular weight excluding hydrogens is 250 g/mol. The van der Waals surface area contributed by atoms with E-state index in [1.165, 1.54) is 5.56 Å². The van der Waals surface area contributed by atoms with E-state index in [1.54, 1.807) is 0 Å². The summed E-state index contributed by atoms with van der Waals surface area (Å²) in [7, 11) is 1.98. The van der Waals surface area contributed by atoms with Crippen LogP contribution in [0, 0.1) is 0 Å². The fraction of sp³-hybridized carbons (Fsp3) is 0.312. The second kappa shape index (κ2) is 5.41. The van der Waals surface area contributed by atoms with Gasteiger partial charge >= 0.3 is 0 Å². The van der Waals surface area contributed by atoms with Crippen molar-refractivity contribution in [3.8, 4) is 0 Å². The number of fused-ring (bicyclic) bond motifs is 1. The molecule has 2 aromatic rings. The third-order valence-corrected chi connectivity index (χ3v) is 3.89. The van der Waals surface area contributed by atoms with E-state index in [2.05, 4.69) is 22.8 Å². The molecule has 1 aliphatic rings. The van der Waals surface area contributed by atoms with Gasteiger partial charge in [-0.25, -0.2) is 0 Å². The van der Waals surface area contributed by atoms with E-state index in [1.807, 2.05) is 42.1 Å². The highest BCUT2D eigenvalue weighted by atomic mass is 16.1. The lowest BCUT2D eigenvalue weighted by atomic mass is 9.97. The Morgan fingerprint density at radius 3 is 3.00 bits per heavy atom. The van der Waals surface area contributed by atoms with Crippen LogP contribution in [0.5, 0.6) is 0 Å². The highest BCUT2D eigenvalue weighted by molar-refractivity contribution is 5.78. The number of nitrogens with one attached hydrogen (secondary N) is 2. The molecule has 1 aromatic heterocycles. The Morgan fingerprint density at radius 1 is 1.35 bits per heavy atom. The summed E-state index contributed by atoms with van der Waals surface area (Å²) in [5.74, 6) is 0.384. The maximum absolute atomic E-state index is 12.1. The molecule has 0 radical (unpaired) electrons. The first-order valence-electron chi connectivity index (χ1n) is 6.94. The van der Waals surface area contributed by atoms with E-state index in [9.17, 15) is 4.79 Å². The molecule has 0 fully saturated rings. The standard InChI is InChI=1S/C16H19N3O/c1-19-8-4-5-13(19)11-18-16(20)9-12-10-17-15-7-3-2-6-14(12)15/h2-8,12,17H,9-11H2,1H3,(H,18,20). The summed E-state index contributed by atoms with van der Waals surface area (Å²) in [5, 5.41) is 6.35. The van der Waals surface area contributed by atoms with Crippen molar-refractivity contribution in [1.29, 1.82) is 0 Å². The summed E-state index contributed by atoms with van der Waals surface area (Å²) in [5.41, 5.74) is 3.53. The quantitative estimate of drug-likeness (QED) is 0.894. The molecule has 0 spiro atoms. The lowest BCUT2D eigenvalue weighted by Crippen LogP contribution is -2.25. The normalized spacial score (nSPS) is 16.6. The van der Waals surface area contributed by atoms with Crippen LogP contribution in [0.1, 0.15) is 23.6 Å². The molecule has 0 saturated heterocycles. The summed E-state index contributed by atoms with van der Waals surface area (Å²) >= 11 is 0. The molecule has 4 heteroatoms. The van der Waals surface area contributed by atoms with Crippen LogP contribution in [0.2, 0.25) is 0 Å². The van der Waals surface area contributed by atoms with Crippen molar-refractivity contribution in [2.45, 2.75) is 18.9 Å². The van der Waals surface area contributed by atoms with Gasteiger partial charge in [0, 0.05) is 43.5 Å². The van der Waals surface area contributed by atoms with Crippen molar-refractivity contribution in [1.82, 2.24) is 9.88 Å². The molecule has 1 aromatic carbocycles. The third kappa shape index (κ3) is 2.54. The fourth-order valence-electron chi connectivity index (χ4n) is 2.70. The van der Waals surface area contributed by atoms with Crippen molar-refractivity contribution < 1.29 is 4.79 Å². The van der Waals surface area contributed by atoms with Gasteiger partial charge in [0.25, 0.3) is 0 Å². The number of nitrogens with zero attached hydrogens (tertiary/aromatic N) is 1. The summed E-state index contributed by atoms with van der Waals surface area (Å²) in [6.07, 6.45) is 2.52. The molecule has 3 rings (SSSR count). The molecular formula is C16H19N3O. The second-order valence-electron chi connectivity index (χ2n) is 5.26. The minimum atomic E-state index is 0.106. The Kier molecular flexibility index (Phi) is 3.46. The van der Waals surface area contributed by atoms with E-state index < -0.39 is 0 Å². The second-order valence-corrected chi connectivity index (χ2v) is 5.26. The van der Waals surface area contributed by atoms with Crippen molar-refractivity contribution in [2.24, 2.45) is 7.05 Å². The molecule has 1 aliphatic heterocycles. The minimum Gasteiger partial charge on any atom is -0.384 e. The number of rotatable bonds is 4. The molecule has 2 heterocycles. The Hall–Kier alpha value is -2.23. The van der Waals surface area contributed by atoms with Gasteiger partial charge in [0.1, 0.15) is 0 Å². The van der Waals surface area contributed by atoms with Crippen LogP contribution in [0.25, 0.3) is 0 Å². The molecule has 20 heavy (non-hydrogen) atoms. The smallest absolute Gasteiger partial charge is 0.220 e. The molecule has 1 atom stereocenters. The number of carbonyl (C=O) groups excluding carboxylic acids is 1. The number of carbonyl (C=O) groups is 1. The maximum Gasteiger partial charge on any atom is 0.220 e. The molecule has 0 saturated carbocycles. The lowest BCUT2D eigenvalue weighted by molar-refractivity contribution is -0.121. The van der Waals surface area contributed by atoms with Gasteiger partial charge in [-0.05, 0) is 23.8 Å². The zero-order valence-electron chi connectivity index (χ0n) is 11.6. The molecule has 1 amide bonds. The Balaban J connectivity index is 1.57. The number of hydrogen-bond donors (Lipinski definition) is 2. The average Bonchev–Trinajstić information content (AvgIpc) is 3.04. The van der Waals surface area contributed by atoms with Crippen molar-refractivity contribution in [3.05, 3.63) is 53.9 Å². The zero-order chi connectivity index (χ0) is 13.9. The van der Waals surface area contributed by atoms with E-state index in [4.69, 9.17) is 0 Å². The maximum atomic E-state index is 12.1. The van der Waals surface area contributed by atoms with Crippen molar-refractivity contribution in [3.63, 3.8) is 0 Å². The molecule has 0 bridgehead atoms. The number of benzene rings is 1. The number of aromatic nitrogens is 1. The lowest BCUT2D eigenvalue weighted by Gasteiger charge is -2.11. The molecule has 1 unspecified atom stereocenters. The van der Waals surface area contributed by atoms with Gasteiger partial charge in [0.05, 0.1) is 6.54 Å². The van der Waals surface area contributed by atoms with Crippen LogP contribution in [0.3, 0.4) is 0 Å². The van der Waals surface area contributed by atoms with Gasteiger partial charge in [-0.15, -0.1) is 0 Å². The largest absolute Gasteiger partial charge is 0.384 e. The fourth-order valence-corrected chi connectivity index (χ4v) is 2.70. The van der Waals surface area contributed by atoms with Crippen LogP contribution < -0.4 is 10.6 Å². The van der Waals surface area contributed by atoms with Gasteiger partial charge in [0.15, 0.2) is 0 Å². The minimum absolute atomic E-state index is 0.106. The van der Waals surface area contributed by atoms with Crippen molar-refractivity contribution >= 4 is 11.6 Å². The summed E-state index contributed by atoms with van der Waals surface area (Å²) in [4.78, 5) is 12.1. The van der Waals surface area contributed by atoms with E-state index in [-0.39, 0.29) is 11.8 Å². The summed E-state index contributed by atoms with van der Waals surface area (Å²) < 4.78 is 2.02. The van der Waals surface area contributed by atoms with Gasteiger partial charge in [-0.2, -0.15) is 0 Å². The van der Waals surface area contributed by atoms with Crippen molar-refractivity contribution in [2.75, 3.05) is 11.9 Å². The van der Waals surface area contributed by atoms with Crippen LogP contribution in [-0.4, -0.2) is 17.0 Å². The predicted octanol–water partition coefficient (Wildman–Crippen LogP) is 2.24. The number of hydrogen-bond acceptors (Lipinski definition) is 2. The van der Waals surface area contributed by atoms with Crippen LogP contribution in [-0.2, 0) is 18.4 Å². The van der Waals surface area contributed by atoms with Crippen LogP contribution in [0.15, 0.2) is 42.6 Å². The topological polar surface area (TPSA) is 46.1 Å². The average molecular weight is 269 g/mol. The first-order valence-corrected chi connectivity index (χ1v) is 6.94. The monoisotopic (exact) mass is 269 g/mol. The molecule has 2 N–H and O–H groups in total. The number of amides is 1. The van der Waals surface area contributed by atoms with Crippen LogP contribution in [0.4, 0.5) is 5.69 Å². The first-order chi connectivity index (χ1) is 9.74. The Bertz CT molecular complexity index is 618. The summed E-state index contributed by atoms with van der Waals surface area (Å²) in [6, 6.07) is 12.2. The number of anilines is 1. The molecule has 104 valence electrons. The van der Waals surface area contributed by atoms with Gasteiger partial charge in [-0.3, -0.25) is 4.79 Å². The van der Waals surface area contributed by atoms with E-state index >= 15 is 0 Å².